The third-order valence-corrected chi connectivity index (χ3v) is 6.44. The van der Waals surface area contributed by atoms with Gasteiger partial charge in [-0.05, 0) is 30.2 Å². The molecule has 3 aromatic rings. The average molecular weight is 471 g/mol. The molecule has 2 aromatic carbocycles. The largest absolute Gasteiger partial charge is 0.483 e. The lowest BCUT2D eigenvalue weighted by Gasteiger charge is -2.37. The molecule has 0 aliphatic carbocycles. The first-order valence-corrected chi connectivity index (χ1v) is 12.3. The highest BCUT2D eigenvalue weighted by atomic mass is 32.2. The Kier molecular flexibility index (Phi) is 7.27. The van der Waals surface area contributed by atoms with E-state index in [0.29, 0.717) is 24.5 Å². The van der Waals surface area contributed by atoms with Gasteiger partial charge in [-0.15, -0.1) is 0 Å². The highest BCUT2D eigenvalue weighted by Gasteiger charge is 2.36. The lowest BCUT2D eigenvalue weighted by Crippen LogP contribution is -2.44. The van der Waals surface area contributed by atoms with Gasteiger partial charge in [0.05, 0.1) is 17.5 Å². The molecule has 0 radical (unpaired) electrons. The molecule has 1 aromatic heterocycles. The fraction of sp³-hybridized carbons (Fsp3) is 0.304. The van der Waals surface area contributed by atoms with Gasteiger partial charge in [0, 0.05) is 23.9 Å². The molecule has 174 valence electrons. The molecule has 10 heteroatoms. The Balaban J connectivity index is 0.000000968. The highest BCUT2D eigenvalue weighted by Crippen LogP contribution is 2.33. The second-order valence-electron chi connectivity index (χ2n) is 7.97. The molecule has 0 bridgehead atoms. The number of carbonyl (C=O) groups is 2. The van der Waals surface area contributed by atoms with Crippen LogP contribution in [0.3, 0.4) is 0 Å². The van der Waals surface area contributed by atoms with Gasteiger partial charge in [-0.3, -0.25) is 9.59 Å². The van der Waals surface area contributed by atoms with Crippen molar-refractivity contribution >= 4 is 22.2 Å². The molecular formula is C23H26N4O5S. The molecular weight excluding hydrogens is 444 g/mol. The van der Waals surface area contributed by atoms with E-state index >= 15 is 0 Å². The monoisotopic (exact) mass is 470 g/mol. The van der Waals surface area contributed by atoms with Crippen LogP contribution in [0.25, 0.3) is 11.4 Å². The lowest BCUT2D eigenvalue weighted by atomic mass is 9.98. The summed E-state index contributed by atoms with van der Waals surface area (Å²) in [6.07, 6.45) is 1.15. The summed E-state index contributed by atoms with van der Waals surface area (Å²) in [6, 6.07) is 15.7. The number of amides is 1. The van der Waals surface area contributed by atoms with Crippen molar-refractivity contribution in [2.75, 3.05) is 12.8 Å². The van der Waals surface area contributed by atoms with Gasteiger partial charge in [-0.1, -0.05) is 44.2 Å². The summed E-state index contributed by atoms with van der Waals surface area (Å²) < 4.78 is 25.3. The SMILES string of the molecule is CC(C)[C@H]1c2nc(-c3ccccc3)nn2CCN1C(=O)c1ccc(S(C)(=O)=O)cc1.O=CO. The molecule has 0 saturated carbocycles. The number of hydrogen-bond donors (Lipinski definition) is 1. The molecule has 1 N–H and O–H groups in total. The van der Waals surface area contributed by atoms with Crippen LogP contribution in [0.15, 0.2) is 59.5 Å². The Morgan fingerprint density at radius 1 is 1.09 bits per heavy atom. The van der Waals surface area contributed by atoms with Crippen LogP contribution in [0.1, 0.15) is 36.1 Å². The third kappa shape index (κ3) is 5.28. The van der Waals surface area contributed by atoms with E-state index in [-0.39, 0.29) is 29.2 Å². The van der Waals surface area contributed by atoms with Gasteiger partial charge in [0.2, 0.25) is 0 Å². The van der Waals surface area contributed by atoms with Crippen molar-refractivity contribution in [3.63, 3.8) is 0 Å². The maximum atomic E-state index is 13.3. The Morgan fingerprint density at radius 3 is 2.24 bits per heavy atom. The number of hydrogen-bond acceptors (Lipinski definition) is 6. The number of carbonyl (C=O) groups excluding carboxylic acids is 1. The molecule has 1 aliphatic rings. The smallest absolute Gasteiger partial charge is 0.290 e. The van der Waals surface area contributed by atoms with Crippen molar-refractivity contribution in [1.29, 1.82) is 0 Å². The molecule has 2 heterocycles. The van der Waals surface area contributed by atoms with Crippen LogP contribution in [0, 0.1) is 5.92 Å². The van der Waals surface area contributed by atoms with Gasteiger partial charge in [0.15, 0.2) is 21.5 Å². The highest BCUT2D eigenvalue weighted by molar-refractivity contribution is 7.90. The zero-order valence-electron chi connectivity index (χ0n) is 18.6. The normalized spacial score (nSPS) is 15.4. The molecule has 0 saturated heterocycles. The molecule has 0 fully saturated rings. The lowest BCUT2D eigenvalue weighted by molar-refractivity contribution is -0.122. The first-order valence-electron chi connectivity index (χ1n) is 10.4. The van der Waals surface area contributed by atoms with Crippen molar-refractivity contribution in [3.05, 3.63) is 66.0 Å². The van der Waals surface area contributed by atoms with Gasteiger partial charge < -0.3 is 10.0 Å². The van der Waals surface area contributed by atoms with Gasteiger partial charge in [0.1, 0.15) is 0 Å². The van der Waals surface area contributed by atoms with E-state index in [2.05, 4.69) is 18.9 Å². The van der Waals surface area contributed by atoms with Gasteiger partial charge in [-0.25, -0.2) is 18.1 Å². The van der Waals surface area contributed by atoms with E-state index in [9.17, 15) is 13.2 Å². The Bertz CT molecular complexity index is 1220. The zero-order chi connectivity index (χ0) is 24.2. The first-order chi connectivity index (χ1) is 15.7. The van der Waals surface area contributed by atoms with E-state index in [1.165, 1.54) is 12.1 Å². The second kappa shape index (κ2) is 9.95. The third-order valence-electron chi connectivity index (χ3n) is 5.31. The van der Waals surface area contributed by atoms with Crippen LogP contribution in [0.4, 0.5) is 0 Å². The average Bonchev–Trinajstić information content (AvgIpc) is 3.23. The fourth-order valence-corrected chi connectivity index (χ4v) is 4.45. The summed E-state index contributed by atoms with van der Waals surface area (Å²) >= 11 is 0. The van der Waals surface area contributed by atoms with E-state index in [1.807, 2.05) is 39.9 Å². The summed E-state index contributed by atoms with van der Waals surface area (Å²) in [7, 11) is -3.30. The predicted octanol–water partition coefficient (Wildman–Crippen LogP) is 2.90. The molecule has 1 aliphatic heterocycles. The second-order valence-corrected chi connectivity index (χ2v) is 9.99. The Morgan fingerprint density at radius 2 is 1.70 bits per heavy atom. The molecule has 1 amide bonds. The summed E-state index contributed by atoms with van der Waals surface area (Å²) in [5, 5.41) is 11.5. The quantitative estimate of drug-likeness (QED) is 0.582. The fourth-order valence-electron chi connectivity index (χ4n) is 3.82. The van der Waals surface area contributed by atoms with Crippen LogP contribution in [0.2, 0.25) is 0 Å². The van der Waals surface area contributed by atoms with E-state index < -0.39 is 9.84 Å². The molecule has 0 spiro atoms. The van der Waals surface area contributed by atoms with E-state index in [4.69, 9.17) is 14.9 Å². The van der Waals surface area contributed by atoms with Crippen molar-refractivity contribution in [2.45, 2.75) is 31.3 Å². The number of fused-ring (bicyclic) bond motifs is 1. The maximum Gasteiger partial charge on any atom is 0.290 e. The van der Waals surface area contributed by atoms with Gasteiger partial charge in [-0.2, -0.15) is 5.10 Å². The van der Waals surface area contributed by atoms with Crippen LogP contribution in [0.5, 0.6) is 0 Å². The standard InChI is InChI=1S/C22H24N4O3S.CH2O2/c1-15(2)19-21-23-20(16-7-5-4-6-8-16)24-26(21)14-13-25(19)22(27)17-9-11-18(12-10-17)30(3,28)29;2-1-3/h4-12,15,19H,13-14H2,1-3H3;1H,(H,2,3)/t19-;/m0./s1. The van der Waals surface area contributed by atoms with Crippen molar-refractivity contribution in [3.8, 4) is 11.4 Å². The first kappa shape index (κ1) is 24.1. The minimum absolute atomic E-state index is 0.135. The van der Waals surface area contributed by atoms with Crippen LogP contribution >= 0.6 is 0 Å². The number of benzene rings is 2. The number of sulfone groups is 1. The number of aromatic nitrogens is 3. The molecule has 4 rings (SSSR count). The number of rotatable bonds is 4. The summed E-state index contributed by atoms with van der Waals surface area (Å²) in [6.45, 7) is 4.94. The number of carboxylic acid groups (broad SMARTS) is 1. The predicted molar refractivity (Wildman–Crippen MR) is 122 cm³/mol. The summed E-state index contributed by atoms with van der Waals surface area (Å²) in [4.78, 5) is 28.4. The van der Waals surface area contributed by atoms with E-state index in [1.54, 1.807) is 12.1 Å². The summed E-state index contributed by atoms with van der Waals surface area (Å²) in [5.41, 5.74) is 1.40. The van der Waals surface area contributed by atoms with Gasteiger partial charge >= 0.3 is 0 Å². The van der Waals surface area contributed by atoms with Crippen molar-refractivity contribution in [1.82, 2.24) is 19.7 Å². The maximum absolute atomic E-state index is 13.3. The molecule has 33 heavy (non-hydrogen) atoms. The number of nitrogens with zero attached hydrogens (tertiary/aromatic N) is 4. The molecule has 0 unspecified atom stereocenters. The van der Waals surface area contributed by atoms with E-state index in [0.717, 1.165) is 17.6 Å². The molecule has 9 nitrogen and oxygen atoms in total. The Hall–Kier alpha value is -3.53. The zero-order valence-corrected chi connectivity index (χ0v) is 19.4. The van der Waals surface area contributed by atoms with Crippen molar-refractivity contribution in [2.24, 2.45) is 5.92 Å². The minimum Gasteiger partial charge on any atom is -0.483 e. The topological polar surface area (TPSA) is 122 Å². The van der Waals surface area contributed by atoms with Crippen LogP contribution < -0.4 is 0 Å². The Labute approximate surface area is 192 Å². The summed E-state index contributed by atoms with van der Waals surface area (Å²) in [5.74, 6) is 1.43. The molecule has 1 atom stereocenters. The van der Waals surface area contributed by atoms with Crippen molar-refractivity contribution < 1.29 is 23.1 Å². The minimum atomic E-state index is -3.30. The van der Waals surface area contributed by atoms with Crippen LogP contribution in [-0.2, 0) is 21.2 Å². The van der Waals surface area contributed by atoms with Gasteiger partial charge in [0.25, 0.3) is 12.4 Å². The van der Waals surface area contributed by atoms with Crippen LogP contribution in [-0.4, -0.2) is 58.4 Å².